The Kier molecular flexibility index (Phi) is 5.32. The van der Waals surface area contributed by atoms with Crippen LogP contribution in [0.5, 0.6) is 0 Å². The molecule has 0 atom stereocenters. The summed E-state index contributed by atoms with van der Waals surface area (Å²) in [5, 5.41) is -0.382. The van der Waals surface area contributed by atoms with Gasteiger partial charge < -0.3 is 0 Å². The second-order valence-electron chi connectivity index (χ2n) is 2.24. The van der Waals surface area contributed by atoms with Crippen LogP contribution in [-0.2, 0) is 4.79 Å². The van der Waals surface area contributed by atoms with Crippen molar-refractivity contribution in [1.82, 2.24) is 0 Å². The van der Waals surface area contributed by atoms with Gasteiger partial charge in [-0.2, -0.15) is 0 Å². The van der Waals surface area contributed by atoms with Gasteiger partial charge in [0.25, 0.3) is 0 Å². The fraction of sp³-hybridized carbons (Fsp3) is 0.625. The second kappa shape index (κ2) is 5.48. The molecule has 0 heterocycles. The molecule has 0 saturated carbocycles. The zero-order valence-corrected chi connectivity index (χ0v) is 7.19. The normalized spacial score (nSPS) is 11.2. The lowest BCUT2D eigenvalue weighted by Crippen LogP contribution is -1.91. The summed E-state index contributed by atoms with van der Waals surface area (Å²) in [6.45, 7) is 4.19. The van der Waals surface area contributed by atoms with Crippen molar-refractivity contribution in [2.45, 2.75) is 26.7 Å². The largest absolute Gasteiger partial charge is 0.276 e. The van der Waals surface area contributed by atoms with E-state index >= 15 is 0 Å². The molecule has 0 aromatic heterocycles. The maximum absolute atomic E-state index is 10.3. The number of halogens is 1. The second-order valence-corrected chi connectivity index (χ2v) is 2.61. The van der Waals surface area contributed by atoms with Crippen LogP contribution in [0.4, 0.5) is 0 Å². The van der Waals surface area contributed by atoms with E-state index in [-0.39, 0.29) is 5.24 Å². The molecule has 0 aliphatic carbocycles. The first-order valence-electron chi connectivity index (χ1n) is 3.58. The Balaban J connectivity index is 3.72. The Bertz CT molecular complexity index is 125. The van der Waals surface area contributed by atoms with E-state index in [1.54, 1.807) is 0 Å². The van der Waals surface area contributed by atoms with Crippen molar-refractivity contribution in [2.75, 3.05) is 0 Å². The van der Waals surface area contributed by atoms with E-state index in [4.69, 9.17) is 11.6 Å². The summed E-state index contributed by atoms with van der Waals surface area (Å²) in [5.41, 5.74) is 0. The standard InChI is InChI=1S/C8H13ClO/c1-3-7(4-2)5-6-8(9)10/h5-7H,3-4H2,1-2H3/b6-5+. The molecule has 0 fully saturated rings. The zero-order chi connectivity index (χ0) is 7.98. The smallest absolute Gasteiger partial charge is 0.244 e. The van der Waals surface area contributed by atoms with E-state index in [0.717, 1.165) is 12.8 Å². The first kappa shape index (κ1) is 9.70. The molecule has 0 aliphatic heterocycles. The zero-order valence-electron chi connectivity index (χ0n) is 6.43. The van der Waals surface area contributed by atoms with Crippen molar-refractivity contribution in [2.24, 2.45) is 5.92 Å². The molecule has 0 radical (unpaired) electrons. The predicted molar refractivity (Wildman–Crippen MR) is 44.1 cm³/mol. The minimum atomic E-state index is -0.382. The lowest BCUT2D eigenvalue weighted by Gasteiger charge is -2.02. The molecule has 0 amide bonds. The number of hydrogen-bond acceptors (Lipinski definition) is 1. The van der Waals surface area contributed by atoms with Crippen LogP contribution in [0.1, 0.15) is 26.7 Å². The molecule has 0 rings (SSSR count). The summed E-state index contributed by atoms with van der Waals surface area (Å²) in [7, 11) is 0. The van der Waals surface area contributed by atoms with Crippen molar-refractivity contribution < 1.29 is 4.79 Å². The van der Waals surface area contributed by atoms with Gasteiger partial charge >= 0.3 is 0 Å². The molecule has 0 aromatic rings. The monoisotopic (exact) mass is 160 g/mol. The molecule has 0 N–H and O–H groups in total. The topological polar surface area (TPSA) is 17.1 Å². The van der Waals surface area contributed by atoms with E-state index in [2.05, 4.69) is 13.8 Å². The summed E-state index contributed by atoms with van der Waals surface area (Å²) in [6.07, 6.45) is 5.43. The van der Waals surface area contributed by atoms with E-state index in [0.29, 0.717) is 5.92 Å². The number of hydrogen-bond donors (Lipinski definition) is 0. The molecule has 0 unspecified atom stereocenters. The summed E-state index contributed by atoms with van der Waals surface area (Å²) in [4.78, 5) is 10.3. The van der Waals surface area contributed by atoms with Gasteiger partial charge in [0.1, 0.15) is 0 Å². The van der Waals surface area contributed by atoms with Crippen molar-refractivity contribution in [3.05, 3.63) is 12.2 Å². The van der Waals surface area contributed by atoms with Crippen LogP contribution in [0.25, 0.3) is 0 Å². The third-order valence-electron chi connectivity index (χ3n) is 1.55. The van der Waals surface area contributed by atoms with Gasteiger partial charge in [-0.15, -0.1) is 0 Å². The maximum Gasteiger partial charge on any atom is 0.244 e. The lowest BCUT2D eigenvalue weighted by molar-refractivity contribution is -0.107. The Morgan fingerprint density at radius 1 is 1.50 bits per heavy atom. The molecular weight excluding hydrogens is 148 g/mol. The molecule has 0 spiro atoms. The quantitative estimate of drug-likeness (QED) is 0.457. The van der Waals surface area contributed by atoms with Crippen LogP contribution in [0.2, 0.25) is 0 Å². The van der Waals surface area contributed by atoms with Crippen LogP contribution in [0.15, 0.2) is 12.2 Å². The molecule has 10 heavy (non-hydrogen) atoms. The Labute approximate surface area is 67.1 Å². The van der Waals surface area contributed by atoms with E-state index < -0.39 is 0 Å². The predicted octanol–water partition coefficient (Wildman–Crippen LogP) is 2.74. The highest BCUT2D eigenvalue weighted by molar-refractivity contribution is 6.66. The van der Waals surface area contributed by atoms with Gasteiger partial charge in [-0.3, -0.25) is 4.79 Å². The van der Waals surface area contributed by atoms with Gasteiger partial charge in [-0.05, 0) is 36.4 Å². The highest BCUT2D eigenvalue weighted by atomic mass is 35.5. The fourth-order valence-corrected chi connectivity index (χ4v) is 0.845. The Morgan fingerprint density at radius 3 is 2.30 bits per heavy atom. The van der Waals surface area contributed by atoms with Gasteiger partial charge in [0.2, 0.25) is 5.24 Å². The van der Waals surface area contributed by atoms with E-state index in [9.17, 15) is 4.79 Å². The van der Waals surface area contributed by atoms with E-state index in [1.165, 1.54) is 6.08 Å². The van der Waals surface area contributed by atoms with Crippen molar-refractivity contribution >= 4 is 16.8 Å². The molecule has 58 valence electrons. The minimum absolute atomic E-state index is 0.382. The number of rotatable bonds is 4. The van der Waals surface area contributed by atoms with Gasteiger partial charge in [-0.25, -0.2) is 0 Å². The number of carbonyl (C=O) groups excluding carboxylic acids is 1. The average Bonchev–Trinajstić information content (AvgIpc) is 1.90. The van der Waals surface area contributed by atoms with Crippen molar-refractivity contribution in [3.63, 3.8) is 0 Å². The SMILES string of the molecule is CCC(/C=C/C(=O)Cl)CC. The van der Waals surface area contributed by atoms with Crippen molar-refractivity contribution in [3.8, 4) is 0 Å². The first-order valence-corrected chi connectivity index (χ1v) is 3.96. The highest BCUT2D eigenvalue weighted by Crippen LogP contribution is 2.08. The third kappa shape index (κ3) is 4.57. The van der Waals surface area contributed by atoms with Crippen LogP contribution in [0.3, 0.4) is 0 Å². The summed E-state index contributed by atoms with van der Waals surface area (Å²) >= 11 is 5.11. The summed E-state index contributed by atoms with van der Waals surface area (Å²) in [5.74, 6) is 0.502. The molecule has 0 aliphatic rings. The van der Waals surface area contributed by atoms with Crippen molar-refractivity contribution in [1.29, 1.82) is 0 Å². The van der Waals surface area contributed by atoms with Gasteiger partial charge in [0, 0.05) is 0 Å². The molecular formula is C8H13ClO. The highest BCUT2D eigenvalue weighted by Gasteiger charge is 1.96. The fourth-order valence-electron chi connectivity index (χ4n) is 0.773. The Hall–Kier alpha value is -0.300. The number of carbonyl (C=O) groups is 1. The maximum atomic E-state index is 10.3. The first-order chi connectivity index (χ1) is 4.70. The minimum Gasteiger partial charge on any atom is -0.276 e. The van der Waals surface area contributed by atoms with Gasteiger partial charge in [0.15, 0.2) is 0 Å². The molecule has 0 bridgehead atoms. The van der Waals surface area contributed by atoms with E-state index in [1.807, 2.05) is 6.08 Å². The number of allylic oxidation sites excluding steroid dienone is 2. The molecule has 2 heteroatoms. The van der Waals surface area contributed by atoms with Crippen LogP contribution < -0.4 is 0 Å². The van der Waals surface area contributed by atoms with Crippen LogP contribution in [0, 0.1) is 5.92 Å². The van der Waals surface area contributed by atoms with Crippen LogP contribution >= 0.6 is 11.6 Å². The third-order valence-corrected chi connectivity index (χ3v) is 1.67. The van der Waals surface area contributed by atoms with Gasteiger partial charge in [0.05, 0.1) is 0 Å². The summed E-state index contributed by atoms with van der Waals surface area (Å²) < 4.78 is 0. The van der Waals surface area contributed by atoms with Crippen LogP contribution in [-0.4, -0.2) is 5.24 Å². The molecule has 0 saturated heterocycles. The molecule has 0 aromatic carbocycles. The lowest BCUT2D eigenvalue weighted by atomic mass is 10.0. The molecule has 1 nitrogen and oxygen atoms in total. The van der Waals surface area contributed by atoms with Gasteiger partial charge in [-0.1, -0.05) is 19.9 Å². The summed E-state index contributed by atoms with van der Waals surface area (Å²) in [6, 6.07) is 0. The average molecular weight is 161 g/mol. The Morgan fingerprint density at radius 2 is 2.00 bits per heavy atom.